The van der Waals surface area contributed by atoms with Crippen LogP contribution in [0.1, 0.15) is 49.6 Å². The van der Waals surface area contributed by atoms with Gasteiger partial charge in [-0.1, -0.05) is 29.8 Å². The summed E-state index contributed by atoms with van der Waals surface area (Å²) in [7, 11) is 0. The normalized spacial score (nSPS) is 18.4. The Morgan fingerprint density at radius 1 is 1.21 bits per heavy atom. The van der Waals surface area contributed by atoms with Crippen LogP contribution in [0, 0.1) is 6.92 Å². The Morgan fingerprint density at radius 3 is 2.55 bits per heavy atom. The summed E-state index contributed by atoms with van der Waals surface area (Å²) in [4.78, 5) is 7.16. The van der Waals surface area contributed by atoms with E-state index in [1.165, 1.54) is 24.0 Å². The maximum Gasteiger partial charge on any atom is 0.191 e. The molecule has 2 unspecified atom stereocenters. The van der Waals surface area contributed by atoms with Gasteiger partial charge in [0.25, 0.3) is 0 Å². The number of hydrogen-bond donors (Lipinski definition) is 3. The molecule has 2 heterocycles. The third-order valence-electron chi connectivity index (χ3n) is 5.45. The number of nitrogens with zero attached hydrogens (tertiary/aromatic N) is 2. The number of guanidine groups is 1. The maximum atomic E-state index is 10.7. The number of rotatable bonds is 8. The van der Waals surface area contributed by atoms with E-state index >= 15 is 0 Å². The number of nitrogens with one attached hydrogen (secondary N) is 2. The van der Waals surface area contributed by atoms with Gasteiger partial charge < -0.3 is 20.2 Å². The van der Waals surface area contributed by atoms with Crippen LogP contribution in [0.25, 0.3) is 0 Å². The van der Waals surface area contributed by atoms with Crippen molar-refractivity contribution in [1.29, 1.82) is 0 Å². The van der Waals surface area contributed by atoms with E-state index < -0.39 is 5.60 Å². The molecule has 3 N–H and O–H groups in total. The van der Waals surface area contributed by atoms with Crippen LogP contribution in [0.15, 0.2) is 52.1 Å². The molecule has 0 aliphatic carbocycles. The molecule has 6 heteroatoms. The van der Waals surface area contributed by atoms with E-state index in [-0.39, 0.29) is 6.54 Å². The highest BCUT2D eigenvalue weighted by Gasteiger charge is 2.27. The van der Waals surface area contributed by atoms with Crippen molar-refractivity contribution >= 4 is 5.96 Å². The molecule has 29 heavy (non-hydrogen) atoms. The van der Waals surface area contributed by atoms with Gasteiger partial charge in [0.2, 0.25) is 0 Å². The summed E-state index contributed by atoms with van der Waals surface area (Å²) in [6.07, 6.45) is 4.07. The van der Waals surface area contributed by atoms with Crippen molar-refractivity contribution in [3.8, 4) is 0 Å². The van der Waals surface area contributed by atoms with Gasteiger partial charge >= 0.3 is 0 Å². The third kappa shape index (κ3) is 5.84. The Balaban J connectivity index is 1.69. The molecular weight excluding hydrogens is 364 g/mol. The number of aryl methyl sites for hydroxylation is 1. The standard InChI is InChI=1S/C23H34N4O2/c1-4-24-22(26-17-23(3,28)21-8-7-15-29-21)25-16-20(27-13-5-6-14-27)19-11-9-18(2)10-12-19/h7-12,15,20,28H,4-6,13-14,16-17H2,1-3H3,(H2,24,25,26). The fourth-order valence-electron chi connectivity index (χ4n) is 3.73. The lowest BCUT2D eigenvalue weighted by atomic mass is 10.0. The number of furan rings is 1. The summed E-state index contributed by atoms with van der Waals surface area (Å²) in [6.45, 7) is 9.87. The lowest BCUT2D eigenvalue weighted by Crippen LogP contribution is -2.43. The van der Waals surface area contributed by atoms with Crippen LogP contribution in [0.5, 0.6) is 0 Å². The molecule has 1 saturated heterocycles. The highest BCUT2D eigenvalue weighted by atomic mass is 16.4. The second kappa shape index (κ2) is 9.94. The van der Waals surface area contributed by atoms with Crippen LogP contribution in [0.2, 0.25) is 0 Å². The van der Waals surface area contributed by atoms with Crippen molar-refractivity contribution in [2.75, 3.05) is 32.7 Å². The molecule has 0 radical (unpaired) electrons. The highest BCUT2D eigenvalue weighted by molar-refractivity contribution is 5.79. The van der Waals surface area contributed by atoms with E-state index in [4.69, 9.17) is 4.42 Å². The molecule has 0 spiro atoms. The number of hydrogen-bond acceptors (Lipinski definition) is 4. The number of likely N-dealkylation sites (tertiary alicyclic amines) is 1. The molecule has 1 aromatic carbocycles. The Kier molecular flexibility index (Phi) is 7.34. The first-order chi connectivity index (χ1) is 14.0. The second-order valence-corrected chi connectivity index (χ2v) is 8.00. The Labute approximate surface area is 174 Å². The molecule has 1 aliphatic heterocycles. The SMILES string of the molecule is CCNC(=NCC(C)(O)c1ccco1)NCC(c1ccc(C)cc1)N1CCCC1. The molecule has 0 amide bonds. The van der Waals surface area contributed by atoms with Gasteiger partial charge in [-0.05, 0) is 64.4 Å². The Hall–Kier alpha value is -2.31. The molecule has 1 aromatic heterocycles. The average Bonchev–Trinajstić information content (AvgIpc) is 3.42. The average molecular weight is 399 g/mol. The van der Waals surface area contributed by atoms with Gasteiger partial charge in [0.05, 0.1) is 18.8 Å². The number of benzene rings is 1. The zero-order valence-corrected chi connectivity index (χ0v) is 17.8. The van der Waals surface area contributed by atoms with Crippen LogP contribution in [-0.2, 0) is 5.60 Å². The molecule has 2 atom stereocenters. The highest BCUT2D eigenvalue weighted by Crippen LogP contribution is 2.25. The van der Waals surface area contributed by atoms with E-state index in [0.29, 0.717) is 17.8 Å². The van der Waals surface area contributed by atoms with Gasteiger partial charge in [-0.3, -0.25) is 4.90 Å². The van der Waals surface area contributed by atoms with Gasteiger partial charge in [-0.2, -0.15) is 0 Å². The summed E-state index contributed by atoms with van der Waals surface area (Å²) in [6, 6.07) is 12.7. The van der Waals surface area contributed by atoms with Gasteiger partial charge in [-0.15, -0.1) is 0 Å². The van der Waals surface area contributed by atoms with Crippen LogP contribution in [-0.4, -0.2) is 48.7 Å². The molecule has 3 rings (SSSR count). The minimum atomic E-state index is -1.14. The van der Waals surface area contributed by atoms with Crippen LogP contribution < -0.4 is 10.6 Å². The zero-order valence-electron chi connectivity index (χ0n) is 17.8. The van der Waals surface area contributed by atoms with Gasteiger partial charge in [0.15, 0.2) is 5.96 Å². The largest absolute Gasteiger partial charge is 0.466 e. The number of aliphatic hydroxyl groups is 1. The molecular formula is C23H34N4O2. The summed E-state index contributed by atoms with van der Waals surface area (Å²) in [5.41, 5.74) is 1.46. The number of aliphatic imine (C=N–C) groups is 1. The summed E-state index contributed by atoms with van der Waals surface area (Å²) in [5, 5.41) is 17.5. The van der Waals surface area contributed by atoms with Crippen molar-refractivity contribution < 1.29 is 9.52 Å². The van der Waals surface area contributed by atoms with Gasteiger partial charge in [0, 0.05) is 13.1 Å². The minimum Gasteiger partial charge on any atom is -0.466 e. The first kappa shape index (κ1) is 21.4. The van der Waals surface area contributed by atoms with E-state index in [0.717, 1.165) is 26.2 Å². The summed E-state index contributed by atoms with van der Waals surface area (Å²) < 4.78 is 5.36. The van der Waals surface area contributed by atoms with E-state index in [2.05, 4.69) is 51.7 Å². The van der Waals surface area contributed by atoms with E-state index in [1.54, 1.807) is 25.3 Å². The van der Waals surface area contributed by atoms with Crippen molar-refractivity contribution in [1.82, 2.24) is 15.5 Å². The van der Waals surface area contributed by atoms with Crippen LogP contribution in [0.4, 0.5) is 0 Å². The quantitative estimate of drug-likeness (QED) is 0.470. The summed E-state index contributed by atoms with van der Waals surface area (Å²) in [5.74, 6) is 1.22. The molecule has 1 aliphatic rings. The molecule has 2 aromatic rings. The fraction of sp³-hybridized carbons (Fsp3) is 0.522. The lowest BCUT2D eigenvalue weighted by Gasteiger charge is -2.29. The Morgan fingerprint density at radius 2 is 1.93 bits per heavy atom. The predicted octanol–water partition coefficient (Wildman–Crippen LogP) is 3.19. The Bertz CT molecular complexity index is 763. The monoisotopic (exact) mass is 398 g/mol. The molecule has 158 valence electrons. The maximum absolute atomic E-state index is 10.7. The van der Waals surface area contributed by atoms with Gasteiger partial charge in [0.1, 0.15) is 11.4 Å². The smallest absolute Gasteiger partial charge is 0.191 e. The first-order valence-electron chi connectivity index (χ1n) is 10.6. The van der Waals surface area contributed by atoms with Crippen LogP contribution >= 0.6 is 0 Å². The summed E-state index contributed by atoms with van der Waals surface area (Å²) >= 11 is 0. The van der Waals surface area contributed by atoms with Crippen molar-refractivity contribution in [2.24, 2.45) is 4.99 Å². The molecule has 1 fully saturated rings. The van der Waals surface area contributed by atoms with Crippen molar-refractivity contribution in [2.45, 2.75) is 45.3 Å². The van der Waals surface area contributed by atoms with Gasteiger partial charge in [-0.25, -0.2) is 4.99 Å². The van der Waals surface area contributed by atoms with Crippen molar-refractivity contribution in [3.63, 3.8) is 0 Å². The molecule has 6 nitrogen and oxygen atoms in total. The minimum absolute atomic E-state index is 0.217. The molecule has 0 bridgehead atoms. The topological polar surface area (TPSA) is 73.0 Å². The first-order valence-corrected chi connectivity index (χ1v) is 10.6. The fourth-order valence-corrected chi connectivity index (χ4v) is 3.73. The third-order valence-corrected chi connectivity index (χ3v) is 5.45. The van der Waals surface area contributed by atoms with Crippen molar-refractivity contribution in [3.05, 3.63) is 59.5 Å². The molecule has 0 saturated carbocycles. The van der Waals surface area contributed by atoms with E-state index in [1.807, 2.05) is 6.92 Å². The lowest BCUT2D eigenvalue weighted by molar-refractivity contribution is 0.0437. The van der Waals surface area contributed by atoms with Crippen LogP contribution in [0.3, 0.4) is 0 Å². The second-order valence-electron chi connectivity index (χ2n) is 8.00. The zero-order chi connectivity index (χ0) is 20.7. The predicted molar refractivity (Wildman–Crippen MR) is 117 cm³/mol. The van der Waals surface area contributed by atoms with E-state index in [9.17, 15) is 5.11 Å².